The fraction of sp³-hybridized carbons (Fsp3) is 0.750. The molecule has 0 bridgehead atoms. The Bertz CT molecular complexity index is 273. The van der Waals surface area contributed by atoms with Crippen LogP contribution in [0.1, 0.15) is 24.3 Å². The molecule has 1 fully saturated rings. The molecule has 4 nitrogen and oxygen atoms in total. The van der Waals surface area contributed by atoms with Gasteiger partial charge in [-0.3, -0.25) is 0 Å². The van der Waals surface area contributed by atoms with Crippen LogP contribution >= 0.6 is 11.3 Å². The zero-order valence-electron chi connectivity index (χ0n) is 7.27. The number of aromatic nitrogens is 2. The lowest BCUT2D eigenvalue weighted by Gasteiger charge is -1.98. The molecule has 13 heavy (non-hydrogen) atoms. The monoisotopic (exact) mass is 200 g/mol. The first-order chi connectivity index (χ1) is 6.38. The number of hydrogen-bond donors (Lipinski definition) is 1. The van der Waals surface area contributed by atoms with Crippen LogP contribution in [-0.4, -0.2) is 21.9 Å². The van der Waals surface area contributed by atoms with Gasteiger partial charge in [0.2, 0.25) is 0 Å². The van der Waals surface area contributed by atoms with E-state index in [1.54, 1.807) is 0 Å². The van der Waals surface area contributed by atoms with E-state index in [4.69, 9.17) is 9.84 Å². The Kier molecular flexibility index (Phi) is 2.75. The molecule has 1 aromatic rings. The molecule has 1 N–H and O–H groups in total. The summed E-state index contributed by atoms with van der Waals surface area (Å²) < 4.78 is 5.37. The molecule has 0 radical (unpaired) electrons. The summed E-state index contributed by atoms with van der Waals surface area (Å²) in [5.41, 5.74) is 0. The quantitative estimate of drug-likeness (QED) is 0.776. The molecule has 1 saturated carbocycles. The van der Waals surface area contributed by atoms with E-state index < -0.39 is 0 Å². The van der Waals surface area contributed by atoms with Gasteiger partial charge < -0.3 is 9.84 Å². The van der Waals surface area contributed by atoms with Gasteiger partial charge in [0.25, 0.3) is 5.19 Å². The summed E-state index contributed by atoms with van der Waals surface area (Å²) in [5, 5.41) is 17.4. The van der Waals surface area contributed by atoms with Gasteiger partial charge in [0.1, 0.15) is 5.01 Å². The molecule has 0 amide bonds. The number of aliphatic hydroxyl groups is 1. The topological polar surface area (TPSA) is 55.2 Å². The Labute approximate surface area is 80.6 Å². The summed E-state index contributed by atoms with van der Waals surface area (Å²) in [7, 11) is 0. The molecule has 72 valence electrons. The second kappa shape index (κ2) is 4.02. The summed E-state index contributed by atoms with van der Waals surface area (Å²) in [6, 6.07) is 0. The van der Waals surface area contributed by atoms with Crippen LogP contribution in [0.2, 0.25) is 0 Å². The molecule has 0 saturated heterocycles. The largest absolute Gasteiger partial charge is 0.469 e. The van der Waals surface area contributed by atoms with Gasteiger partial charge in [-0.2, -0.15) is 0 Å². The molecule has 2 rings (SSSR count). The Hall–Kier alpha value is -0.680. The average Bonchev–Trinajstić information content (AvgIpc) is 2.84. The molecule has 1 aliphatic carbocycles. The fourth-order valence-corrected chi connectivity index (χ4v) is 1.65. The van der Waals surface area contributed by atoms with Crippen molar-refractivity contribution in [2.75, 3.05) is 6.61 Å². The number of hydrogen-bond acceptors (Lipinski definition) is 5. The third-order valence-corrected chi connectivity index (χ3v) is 2.85. The Morgan fingerprint density at radius 2 is 2.31 bits per heavy atom. The number of aliphatic hydroxyl groups excluding tert-OH is 1. The predicted molar refractivity (Wildman–Crippen MR) is 48.7 cm³/mol. The highest BCUT2D eigenvalue weighted by molar-refractivity contribution is 7.13. The van der Waals surface area contributed by atoms with Crippen molar-refractivity contribution in [3.8, 4) is 5.19 Å². The highest BCUT2D eigenvalue weighted by atomic mass is 32.1. The van der Waals surface area contributed by atoms with E-state index in [0.717, 1.165) is 18.9 Å². The highest BCUT2D eigenvalue weighted by Gasteiger charge is 2.20. The number of ether oxygens (including phenoxy) is 1. The van der Waals surface area contributed by atoms with Crippen molar-refractivity contribution in [2.24, 2.45) is 5.92 Å². The summed E-state index contributed by atoms with van der Waals surface area (Å²) in [6.07, 6.45) is 3.82. The first-order valence-corrected chi connectivity index (χ1v) is 5.26. The van der Waals surface area contributed by atoms with E-state index in [0.29, 0.717) is 10.2 Å². The van der Waals surface area contributed by atoms with E-state index in [1.165, 1.54) is 24.2 Å². The molecule has 0 unspecified atom stereocenters. The van der Waals surface area contributed by atoms with Crippen molar-refractivity contribution >= 4 is 11.3 Å². The van der Waals surface area contributed by atoms with Crippen molar-refractivity contribution < 1.29 is 9.84 Å². The zero-order valence-corrected chi connectivity index (χ0v) is 8.09. The van der Waals surface area contributed by atoms with Crippen LogP contribution in [0.25, 0.3) is 0 Å². The third-order valence-electron chi connectivity index (χ3n) is 2.03. The minimum Gasteiger partial charge on any atom is -0.469 e. The molecular formula is C8H12N2O2S. The fourth-order valence-electron chi connectivity index (χ4n) is 1.08. The van der Waals surface area contributed by atoms with Gasteiger partial charge in [-0.15, -0.1) is 5.10 Å². The minimum atomic E-state index is -0.0519. The summed E-state index contributed by atoms with van der Waals surface area (Å²) in [6.45, 7) is 0.675. The number of rotatable bonds is 5. The summed E-state index contributed by atoms with van der Waals surface area (Å²) in [4.78, 5) is 0. The van der Waals surface area contributed by atoms with Crippen molar-refractivity contribution in [3.63, 3.8) is 0 Å². The van der Waals surface area contributed by atoms with Crippen molar-refractivity contribution in [2.45, 2.75) is 25.9 Å². The molecule has 1 aromatic heterocycles. The standard InChI is InChI=1S/C8H12N2O2S/c11-5-7-9-10-8(13-7)12-4-3-6-1-2-6/h6,11H,1-5H2. The molecule has 1 aliphatic rings. The highest BCUT2D eigenvalue weighted by Crippen LogP contribution is 2.32. The van der Waals surface area contributed by atoms with Gasteiger partial charge in [0, 0.05) is 0 Å². The molecule has 5 heteroatoms. The average molecular weight is 200 g/mol. The van der Waals surface area contributed by atoms with E-state index in [-0.39, 0.29) is 6.61 Å². The van der Waals surface area contributed by atoms with E-state index in [9.17, 15) is 0 Å². The maximum atomic E-state index is 8.73. The van der Waals surface area contributed by atoms with Gasteiger partial charge in [0.05, 0.1) is 13.2 Å². The zero-order chi connectivity index (χ0) is 9.10. The molecular weight excluding hydrogens is 188 g/mol. The van der Waals surface area contributed by atoms with Crippen LogP contribution in [0.5, 0.6) is 5.19 Å². The predicted octanol–water partition coefficient (Wildman–Crippen LogP) is 1.21. The van der Waals surface area contributed by atoms with Gasteiger partial charge >= 0.3 is 0 Å². The van der Waals surface area contributed by atoms with E-state index in [1.807, 2.05) is 0 Å². The SMILES string of the molecule is OCc1nnc(OCCC2CC2)s1. The lowest BCUT2D eigenvalue weighted by Crippen LogP contribution is -1.97. The minimum absolute atomic E-state index is 0.0519. The van der Waals surface area contributed by atoms with Crippen molar-refractivity contribution in [1.29, 1.82) is 0 Å². The van der Waals surface area contributed by atoms with Crippen molar-refractivity contribution in [1.82, 2.24) is 10.2 Å². The lowest BCUT2D eigenvalue weighted by molar-refractivity contribution is 0.279. The van der Waals surface area contributed by atoms with Crippen LogP contribution in [0.3, 0.4) is 0 Å². The van der Waals surface area contributed by atoms with E-state index in [2.05, 4.69) is 10.2 Å². The molecule has 0 atom stereocenters. The van der Waals surface area contributed by atoms with Crippen LogP contribution in [0, 0.1) is 5.92 Å². The lowest BCUT2D eigenvalue weighted by atomic mass is 10.3. The van der Waals surface area contributed by atoms with Crippen LogP contribution in [-0.2, 0) is 6.61 Å². The van der Waals surface area contributed by atoms with Crippen molar-refractivity contribution in [3.05, 3.63) is 5.01 Å². The Morgan fingerprint density at radius 1 is 1.46 bits per heavy atom. The van der Waals surface area contributed by atoms with Gasteiger partial charge in [-0.1, -0.05) is 29.3 Å². The second-order valence-electron chi connectivity index (χ2n) is 3.20. The number of nitrogens with zero attached hydrogens (tertiary/aromatic N) is 2. The molecule has 0 spiro atoms. The van der Waals surface area contributed by atoms with Crippen LogP contribution in [0.15, 0.2) is 0 Å². The summed E-state index contributed by atoms with van der Waals surface area (Å²) >= 11 is 1.31. The van der Waals surface area contributed by atoms with Gasteiger partial charge in [-0.25, -0.2) is 0 Å². The first-order valence-electron chi connectivity index (χ1n) is 4.44. The van der Waals surface area contributed by atoms with E-state index >= 15 is 0 Å². The Morgan fingerprint density at radius 3 is 2.92 bits per heavy atom. The second-order valence-corrected chi connectivity index (χ2v) is 4.22. The molecule has 0 aromatic carbocycles. The Balaban J connectivity index is 1.72. The maximum Gasteiger partial charge on any atom is 0.294 e. The summed E-state index contributed by atoms with van der Waals surface area (Å²) in [5.74, 6) is 0.880. The van der Waals surface area contributed by atoms with Gasteiger partial charge in [-0.05, 0) is 12.3 Å². The van der Waals surface area contributed by atoms with Gasteiger partial charge in [0.15, 0.2) is 0 Å². The molecule has 0 aliphatic heterocycles. The third kappa shape index (κ3) is 2.63. The van der Waals surface area contributed by atoms with Crippen LogP contribution in [0.4, 0.5) is 0 Å². The first kappa shape index (κ1) is 8.90. The molecule has 1 heterocycles. The smallest absolute Gasteiger partial charge is 0.294 e. The maximum absolute atomic E-state index is 8.73. The normalized spacial score (nSPS) is 16.1. The van der Waals surface area contributed by atoms with Crippen LogP contribution < -0.4 is 4.74 Å².